The molecule has 0 saturated carbocycles. The molecule has 0 N–H and O–H groups in total. The fourth-order valence-electron chi connectivity index (χ4n) is 1.78. The summed E-state index contributed by atoms with van der Waals surface area (Å²) in [7, 11) is 1.85. The van der Waals surface area contributed by atoms with Gasteiger partial charge in [0.25, 0.3) is 0 Å². The first kappa shape index (κ1) is 11.1. The van der Waals surface area contributed by atoms with Crippen LogP contribution >= 0.6 is 11.3 Å². The molecule has 0 aliphatic rings. The summed E-state index contributed by atoms with van der Waals surface area (Å²) in [4.78, 5) is 20.5. The zero-order valence-corrected chi connectivity index (χ0v) is 10.6. The molecule has 0 amide bonds. The van der Waals surface area contributed by atoms with Gasteiger partial charge >= 0.3 is 0 Å². The number of para-hydroxylation sites is 1. The molecule has 0 unspecified atom stereocenters. The van der Waals surface area contributed by atoms with Gasteiger partial charge in [0.15, 0.2) is 5.78 Å². The van der Waals surface area contributed by atoms with Gasteiger partial charge in [-0.25, -0.2) is 9.97 Å². The molecule has 5 heteroatoms. The van der Waals surface area contributed by atoms with Gasteiger partial charge in [-0.3, -0.25) is 4.79 Å². The average Bonchev–Trinajstić information content (AvgIpc) is 2.94. The lowest BCUT2D eigenvalue weighted by Gasteiger charge is -1.92. The van der Waals surface area contributed by atoms with Crippen molar-refractivity contribution in [2.45, 2.75) is 6.42 Å². The van der Waals surface area contributed by atoms with Crippen LogP contribution in [0, 0.1) is 0 Å². The van der Waals surface area contributed by atoms with Gasteiger partial charge in [-0.05, 0) is 12.1 Å². The Bertz CT molecular complexity index is 681. The number of aromatic nitrogens is 3. The van der Waals surface area contributed by atoms with Crippen LogP contribution in [0.15, 0.2) is 36.8 Å². The van der Waals surface area contributed by atoms with Crippen LogP contribution in [0.2, 0.25) is 0 Å². The van der Waals surface area contributed by atoms with Crippen molar-refractivity contribution in [3.05, 3.63) is 47.5 Å². The number of hydrogen-bond acceptors (Lipinski definition) is 4. The van der Waals surface area contributed by atoms with E-state index in [1.165, 1.54) is 0 Å². The number of rotatable bonds is 3. The zero-order chi connectivity index (χ0) is 12.5. The summed E-state index contributed by atoms with van der Waals surface area (Å²) in [6.45, 7) is 0. The first-order chi connectivity index (χ1) is 8.72. The van der Waals surface area contributed by atoms with Crippen LogP contribution in [0.25, 0.3) is 10.2 Å². The molecule has 0 fully saturated rings. The van der Waals surface area contributed by atoms with Crippen molar-refractivity contribution in [3.63, 3.8) is 0 Å². The lowest BCUT2D eigenvalue weighted by atomic mass is 10.2. The molecule has 0 saturated heterocycles. The van der Waals surface area contributed by atoms with E-state index in [2.05, 4.69) is 9.97 Å². The van der Waals surface area contributed by atoms with E-state index in [-0.39, 0.29) is 5.78 Å². The molecule has 90 valence electrons. The van der Waals surface area contributed by atoms with E-state index in [9.17, 15) is 4.79 Å². The minimum Gasteiger partial charge on any atom is -0.340 e. The predicted molar refractivity (Wildman–Crippen MR) is 70.9 cm³/mol. The van der Waals surface area contributed by atoms with Crippen LogP contribution in [0.5, 0.6) is 0 Å². The summed E-state index contributed by atoms with van der Waals surface area (Å²) in [5.74, 6) is 0.00894. The number of thiazole rings is 1. The number of carbonyl (C=O) groups excluding carboxylic acids is 1. The predicted octanol–water partition coefficient (Wildman–Crippen LogP) is 2.46. The van der Waals surface area contributed by atoms with Crippen LogP contribution in [-0.4, -0.2) is 20.3 Å². The number of carbonyl (C=O) groups is 1. The fraction of sp³-hybridized carbons (Fsp3) is 0.154. The molecular formula is C13H11N3OS. The van der Waals surface area contributed by atoms with Gasteiger partial charge in [-0.2, -0.15) is 0 Å². The summed E-state index contributed by atoms with van der Waals surface area (Å²) in [6.07, 6.45) is 3.68. The summed E-state index contributed by atoms with van der Waals surface area (Å²) >= 11 is 1.56. The standard InChI is InChI=1S/C13H11N3OS/c1-16-7-10(14-8-16)11(17)6-13-15-9-4-2-3-5-12(9)18-13/h2-5,7-8H,6H2,1H3. The molecule has 3 rings (SSSR count). The van der Waals surface area contributed by atoms with Gasteiger partial charge in [0.2, 0.25) is 0 Å². The van der Waals surface area contributed by atoms with Gasteiger partial charge in [-0.1, -0.05) is 12.1 Å². The normalized spacial score (nSPS) is 10.9. The second kappa shape index (κ2) is 4.34. The maximum Gasteiger partial charge on any atom is 0.189 e. The average molecular weight is 257 g/mol. The molecule has 0 aliphatic heterocycles. The van der Waals surface area contributed by atoms with Crippen LogP contribution in [0.3, 0.4) is 0 Å². The summed E-state index contributed by atoms with van der Waals surface area (Å²) < 4.78 is 2.88. The molecule has 0 atom stereocenters. The molecule has 0 radical (unpaired) electrons. The molecule has 4 nitrogen and oxygen atoms in total. The Morgan fingerprint density at radius 1 is 1.39 bits per heavy atom. The van der Waals surface area contributed by atoms with E-state index in [1.54, 1.807) is 28.4 Å². The first-order valence-electron chi connectivity index (χ1n) is 5.58. The van der Waals surface area contributed by atoms with Gasteiger partial charge in [-0.15, -0.1) is 11.3 Å². The third-order valence-corrected chi connectivity index (χ3v) is 3.68. The molecular weight excluding hydrogens is 246 g/mol. The van der Waals surface area contributed by atoms with E-state index >= 15 is 0 Å². The number of aryl methyl sites for hydroxylation is 1. The summed E-state index contributed by atoms with van der Waals surface area (Å²) in [5, 5.41) is 0.840. The van der Waals surface area contributed by atoms with Gasteiger partial charge in [0.1, 0.15) is 10.7 Å². The highest BCUT2D eigenvalue weighted by Crippen LogP contribution is 2.22. The van der Waals surface area contributed by atoms with E-state index in [4.69, 9.17) is 0 Å². The van der Waals surface area contributed by atoms with E-state index < -0.39 is 0 Å². The van der Waals surface area contributed by atoms with Crippen molar-refractivity contribution in [3.8, 4) is 0 Å². The Kier molecular flexibility index (Phi) is 2.68. The molecule has 0 bridgehead atoms. The highest BCUT2D eigenvalue weighted by Gasteiger charge is 2.12. The van der Waals surface area contributed by atoms with E-state index in [1.807, 2.05) is 31.3 Å². The van der Waals surface area contributed by atoms with Crippen molar-refractivity contribution >= 4 is 27.3 Å². The highest BCUT2D eigenvalue weighted by molar-refractivity contribution is 7.18. The lowest BCUT2D eigenvalue weighted by Crippen LogP contribution is -2.03. The molecule has 18 heavy (non-hydrogen) atoms. The monoisotopic (exact) mass is 257 g/mol. The topological polar surface area (TPSA) is 47.8 Å². The Balaban J connectivity index is 1.86. The molecule has 0 spiro atoms. The largest absolute Gasteiger partial charge is 0.340 e. The van der Waals surface area contributed by atoms with Crippen molar-refractivity contribution in [2.24, 2.45) is 7.05 Å². The Morgan fingerprint density at radius 3 is 2.94 bits per heavy atom. The van der Waals surface area contributed by atoms with Crippen molar-refractivity contribution in [1.82, 2.24) is 14.5 Å². The maximum atomic E-state index is 12.0. The molecule has 1 aromatic carbocycles. The fourth-order valence-corrected chi connectivity index (χ4v) is 2.75. The highest BCUT2D eigenvalue weighted by atomic mass is 32.1. The number of Topliss-reactive ketones (excluding diaryl/α,β-unsaturated/α-hetero) is 1. The SMILES string of the molecule is Cn1cnc(C(=O)Cc2nc3ccccc3s2)c1. The lowest BCUT2D eigenvalue weighted by molar-refractivity contribution is 0.0988. The third-order valence-electron chi connectivity index (χ3n) is 2.64. The van der Waals surface area contributed by atoms with E-state index in [0.717, 1.165) is 15.2 Å². The molecule has 0 aliphatic carbocycles. The second-order valence-corrected chi connectivity index (χ2v) is 5.21. The molecule has 3 aromatic rings. The van der Waals surface area contributed by atoms with Gasteiger partial charge < -0.3 is 4.57 Å². The quantitative estimate of drug-likeness (QED) is 0.677. The number of benzene rings is 1. The minimum absolute atomic E-state index is 0.00894. The van der Waals surface area contributed by atoms with Gasteiger partial charge in [0.05, 0.1) is 23.0 Å². The van der Waals surface area contributed by atoms with Crippen LogP contribution in [0.4, 0.5) is 0 Å². The summed E-state index contributed by atoms with van der Waals surface area (Å²) in [6, 6.07) is 7.90. The van der Waals surface area contributed by atoms with Crippen LogP contribution in [-0.2, 0) is 13.5 Å². The van der Waals surface area contributed by atoms with Crippen LogP contribution < -0.4 is 0 Å². The second-order valence-electron chi connectivity index (χ2n) is 4.10. The maximum absolute atomic E-state index is 12.0. The minimum atomic E-state index is 0.00894. The number of imidazole rings is 1. The number of hydrogen-bond donors (Lipinski definition) is 0. The van der Waals surface area contributed by atoms with Crippen molar-refractivity contribution < 1.29 is 4.79 Å². The van der Waals surface area contributed by atoms with E-state index in [0.29, 0.717) is 12.1 Å². The Labute approximate surface area is 108 Å². The smallest absolute Gasteiger partial charge is 0.189 e. The van der Waals surface area contributed by atoms with Crippen LogP contribution in [0.1, 0.15) is 15.5 Å². The first-order valence-corrected chi connectivity index (χ1v) is 6.39. The number of nitrogens with zero attached hydrogens (tertiary/aromatic N) is 3. The Hall–Kier alpha value is -2.01. The zero-order valence-electron chi connectivity index (χ0n) is 9.83. The molecule has 2 aromatic heterocycles. The van der Waals surface area contributed by atoms with Crippen molar-refractivity contribution in [2.75, 3.05) is 0 Å². The Morgan fingerprint density at radius 2 is 2.22 bits per heavy atom. The summed E-state index contributed by atoms with van der Waals surface area (Å²) in [5.41, 5.74) is 1.45. The number of fused-ring (bicyclic) bond motifs is 1. The third kappa shape index (κ3) is 2.04. The number of ketones is 1. The molecule has 2 heterocycles. The van der Waals surface area contributed by atoms with Gasteiger partial charge in [0, 0.05) is 13.2 Å². The van der Waals surface area contributed by atoms with Crippen molar-refractivity contribution in [1.29, 1.82) is 0 Å².